The van der Waals surface area contributed by atoms with E-state index in [0.717, 1.165) is 0 Å². The topological polar surface area (TPSA) is 53.4 Å². The quantitative estimate of drug-likeness (QED) is 0.739. The van der Waals surface area contributed by atoms with Gasteiger partial charge in [-0.05, 0) is 12.1 Å². The van der Waals surface area contributed by atoms with E-state index in [2.05, 4.69) is 4.98 Å². The van der Waals surface area contributed by atoms with Gasteiger partial charge in [-0.2, -0.15) is 0 Å². The van der Waals surface area contributed by atoms with Crippen molar-refractivity contribution in [2.24, 2.45) is 0 Å². The van der Waals surface area contributed by atoms with Gasteiger partial charge in [0.2, 0.25) is 0 Å². The molecule has 0 amide bonds. The lowest BCUT2D eigenvalue weighted by molar-refractivity contribution is 0.112. The smallest absolute Gasteiger partial charge is 0.255 e. The number of hydrogen-bond donors (Lipinski definition) is 1. The van der Waals surface area contributed by atoms with Gasteiger partial charge in [0, 0.05) is 18.3 Å². The maximum atomic E-state index is 12.2. The average Bonchev–Trinajstić information content (AvgIpc) is 2.28. The number of halogens is 2. The molecule has 1 heterocycles. The summed E-state index contributed by atoms with van der Waals surface area (Å²) in [5, 5.41) is 8.74. The third kappa shape index (κ3) is 3.54. The number of aldehydes is 1. The van der Waals surface area contributed by atoms with Crippen molar-refractivity contribution in [3.05, 3.63) is 23.9 Å². The van der Waals surface area contributed by atoms with Crippen molar-refractivity contribution in [2.45, 2.75) is 6.43 Å². The van der Waals surface area contributed by atoms with Crippen LogP contribution in [-0.4, -0.2) is 42.5 Å². The molecule has 0 bridgehead atoms. The monoisotopic (exact) mass is 230 g/mol. The highest BCUT2D eigenvalue weighted by Crippen LogP contribution is 2.12. The lowest BCUT2D eigenvalue weighted by atomic mass is 10.3. The predicted octanol–water partition coefficient (Wildman–Crippen LogP) is 0.958. The maximum Gasteiger partial charge on any atom is 0.255 e. The first kappa shape index (κ1) is 12.5. The Labute approximate surface area is 91.5 Å². The van der Waals surface area contributed by atoms with Gasteiger partial charge in [0.05, 0.1) is 13.2 Å². The Hall–Kier alpha value is -1.56. The first-order valence-electron chi connectivity index (χ1n) is 4.72. The summed E-state index contributed by atoms with van der Waals surface area (Å²) in [7, 11) is 0. The van der Waals surface area contributed by atoms with Crippen LogP contribution in [0.4, 0.5) is 14.6 Å². The third-order valence-corrected chi connectivity index (χ3v) is 1.96. The molecule has 0 unspecified atom stereocenters. The minimum absolute atomic E-state index is 0.0811. The molecule has 0 aromatic carbocycles. The molecule has 1 N–H and O–H groups in total. The van der Waals surface area contributed by atoms with Crippen LogP contribution in [0.5, 0.6) is 0 Å². The van der Waals surface area contributed by atoms with Crippen molar-refractivity contribution in [3.63, 3.8) is 0 Å². The molecule has 6 heteroatoms. The number of aliphatic hydroxyl groups is 1. The third-order valence-electron chi connectivity index (χ3n) is 1.96. The Balaban J connectivity index is 2.78. The Bertz CT molecular complexity index is 330. The molecule has 0 saturated carbocycles. The number of anilines is 1. The van der Waals surface area contributed by atoms with E-state index in [1.807, 2.05) is 0 Å². The number of pyridine rings is 1. The van der Waals surface area contributed by atoms with E-state index < -0.39 is 13.0 Å². The van der Waals surface area contributed by atoms with Crippen LogP contribution in [-0.2, 0) is 0 Å². The maximum absolute atomic E-state index is 12.2. The van der Waals surface area contributed by atoms with Gasteiger partial charge in [-0.1, -0.05) is 0 Å². The van der Waals surface area contributed by atoms with Gasteiger partial charge in [-0.15, -0.1) is 0 Å². The number of carbonyl (C=O) groups excluding carboxylic acids is 1. The molecule has 16 heavy (non-hydrogen) atoms. The van der Waals surface area contributed by atoms with Gasteiger partial charge in [-0.25, -0.2) is 13.8 Å². The molecule has 1 aromatic rings. The Morgan fingerprint density at radius 2 is 2.25 bits per heavy atom. The highest BCUT2D eigenvalue weighted by atomic mass is 19.3. The van der Waals surface area contributed by atoms with Crippen LogP contribution in [0, 0.1) is 0 Å². The highest BCUT2D eigenvalue weighted by Gasteiger charge is 2.13. The summed E-state index contributed by atoms with van der Waals surface area (Å²) >= 11 is 0. The zero-order valence-electron chi connectivity index (χ0n) is 8.51. The molecular formula is C10H12F2N2O2. The van der Waals surface area contributed by atoms with Crippen LogP contribution in [0.1, 0.15) is 10.4 Å². The van der Waals surface area contributed by atoms with E-state index in [1.165, 1.54) is 23.2 Å². The lowest BCUT2D eigenvalue weighted by Crippen LogP contribution is -2.32. The zero-order valence-corrected chi connectivity index (χ0v) is 8.51. The van der Waals surface area contributed by atoms with Crippen LogP contribution in [0.2, 0.25) is 0 Å². The first-order valence-corrected chi connectivity index (χ1v) is 4.72. The predicted molar refractivity (Wildman–Crippen MR) is 54.9 cm³/mol. The Morgan fingerprint density at radius 1 is 1.50 bits per heavy atom. The van der Waals surface area contributed by atoms with Crippen LogP contribution in [0.3, 0.4) is 0 Å². The second-order valence-electron chi connectivity index (χ2n) is 3.13. The van der Waals surface area contributed by atoms with Crippen LogP contribution in [0.15, 0.2) is 18.3 Å². The molecule has 0 radical (unpaired) electrons. The molecule has 4 nitrogen and oxygen atoms in total. The molecule has 0 aliphatic heterocycles. The number of nitrogens with zero attached hydrogens (tertiary/aromatic N) is 2. The van der Waals surface area contributed by atoms with Crippen molar-refractivity contribution in [2.75, 3.05) is 24.6 Å². The van der Waals surface area contributed by atoms with Crippen molar-refractivity contribution < 1.29 is 18.7 Å². The SMILES string of the molecule is O=Cc1ccc(N(CCO)CC(F)F)nc1. The highest BCUT2D eigenvalue weighted by molar-refractivity contribution is 5.74. The number of aromatic nitrogens is 1. The van der Waals surface area contributed by atoms with E-state index >= 15 is 0 Å². The second-order valence-corrected chi connectivity index (χ2v) is 3.13. The number of aliphatic hydroxyl groups excluding tert-OH is 1. The number of hydrogen-bond acceptors (Lipinski definition) is 4. The van der Waals surface area contributed by atoms with Crippen molar-refractivity contribution in [1.82, 2.24) is 4.98 Å². The summed E-state index contributed by atoms with van der Waals surface area (Å²) in [5.74, 6) is 0.319. The fourth-order valence-corrected chi connectivity index (χ4v) is 1.24. The molecular weight excluding hydrogens is 218 g/mol. The summed E-state index contributed by atoms with van der Waals surface area (Å²) < 4.78 is 24.5. The number of carbonyl (C=O) groups is 1. The summed E-state index contributed by atoms with van der Waals surface area (Å²) in [4.78, 5) is 15.5. The van der Waals surface area contributed by atoms with E-state index in [1.54, 1.807) is 0 Å². The normalized spacial score (nSPS) is 10.5. The number of alkyl halides is 2. The first-order chi connectivity index (χ1) is 7.67. The van der Waals surface area contributed by atoms with Gasteiger partial charge in [0.25, 0.3) is 6.43 Å². The fourth-order valence-electron chi connectivity index (χ4n) is 1.24. The van der Waals surface area contributed by atoms with Crippen molar-refractivity contribution in [1.29, 1.82) is 0 Å². The average molecular weight is 230 g/mol. The largest absolute Gasteiger partial charge is 0.395 e. The summed E-state index contributed by atoms with van der Waals surface area (Å²) in [6.07, 6.45) is -0.572. The van der Waals surface area contributed by atoms with Crippen LogP contribution < -0.4 is 4.90 Å². The molecule has 1 aromatic heterocycles. The van der Waals surface area contributed by atoms with Crippen LogP contribution >= 0.6 is 0 Å². The molecule has 0 spiro atoms. The van der Waals surface area contributed by atoms with E-state index in [9.17, 15) is 13.6 Å². The molecule has 0 aliphatic carbocycles. The molecule has 1 rings (SSSR count). The standard InChI is InChI=1S/C10H12F2N2O2/c11-9(12)6-14(3-4-15)10-2-1-8(7-16)5-13-10/h1-2,5,7,9,15H,3-4,6H2. The summed E-state index contributed by atoms with van der Waals surface area (Å²) in [6.45, 7) is -0.643. The molecule has 0 aliphatic rings. The van der Waals surface area contributed by atoms with Crippen LogP contribution in [0.25, 0.3) is 0 Å². The van der Waals surface area contributed by atoms with Crippen molar-refractivity contribution in [3.8, 4) is 0 Å². The Kier molecular flexibility index (Phi) is 4.78. The van der Waals surface area contributed by atoms with Gasteiger partial charge in [-0.3, -0.25) is 4.79 Å². The van der Waals surface area contributed by atoms with E-state index in [-0.39, 0.29) is 13.2 Å². The number of rotatable bonds is 6. The molecule has 88 valence electrons. The second kappa shape index (κ2) is 6.12. The zero-order chi connectivity index (χ0) is 12.0. The van der Waals surface area contributed by atoms with Gasteiger partial charge >= 0.3 is 0 Å². The molecule has 0 fully saturated rings. The lowest BCUT2D eigenvalue weighted by Gasteiger charge is -2.22. The fraction of sp³-hybridized carbons (Fsp3) is 0.400. The van der Waals surface area contributed by atoms with Crippen molar-refractivity contribution >= 4 is 12.1 Å². The molecule has 0 saturated heterocycles. The summed E-state index contributed by atoms with van der Waals surface area (Å²) in [5.41, 5.74) is 0.379. The van der Waals surface area contributed by atoms with Gasteiger partial charge in [0.1, 0.15) is 5.82 Å². The Morgan fingerprint density at radius 3 is 2.69 bits per heavy atom. The summed E-state index contributed by atoms with van der Waals surface area (Å²) in [6, 6.07) is 2.97. The van der Waals surface area contributed by atoms with Gasteiger partial charge in [0.15, 0.2) is 6.29 Å². The van der Waals surface area contributed by atoms with Gasteiger partial charge < -0.3 is 10.0 Å². The minimum atomic E-state index is -2.50. The molecule has 0 atom stereocenters. The minimum Gasteiger partial charge on any atom is -0.395 e. The van der Waals surface area contributed by atoms with E-state index in [4.69, 9.17) is 5.11 Å². The van der Waals surface area contributed by atoms with E-state index in [0.29, 0.717) is 17.7 Å².